The Morgan fingerprint density at radius 2 is 1.90 bits per heavy atom. The number of carbonyl (C=O) groups is 1. The Labute approximate surface area is 188 Å². The molecule has 0 aliphatic heterocycles. The molecule has 0 fully saturated rings. The van der Waals surface area contributed by atoms with Crippen LogP contribution >= 0.6 is 23.4 Å². The molecule has 0 aliphatic carbocycles. The molecule has 0 atom stereocenters. The highest BCUT2D eigenvalue weighted by atomic mass is 35.5. The summed E-state index contributed by atoms with van der Waals surface area (Å²) < 4.78 is 1.54. The van der Waals surface area contributed by atoms with Gasteiger partial charge in [0.25, 0.3) is 5.56 Å². The molecular formula is C23H21ClN4O2S. The lowest BCUT2D eigenvalue weighted by molar-refractivity contribution is -0.113. The molecule has 158 valence electrons. The fraction of sp³-hybridized carbons (Fsp3) is 0.174. The van der Waals surface area contributed by atoms with Crippen LogP contribution in [0.15, 0.2) is 58.5 Å². The molecule has 4 rings (SSSR count). The predicted molar refractivity (Wildman–Crippen MR) is 127 cm³/mol. The molecule has 2 aromatic carbocycles. The molecule has 0 bridgehead atoms. The molecule has 0 radical (unpaired) electrons. The minimum atomic E-state index is -0.226. The van der Waals surface area contributed by atoms with E-state index in [0.29, 0.717) is 32.6 Å². The fourth-order valence-corrected chi connectivity index (χ4v) is 4.37. The quantitative estimate of drug-likeness (QED) is 0.329. The van der Waals surface area contributed by atoms with Crippen molar-refractivity contribution in [1.82, 2.24) is 14.5 Å². The van der Waals surface area contributed by atoms with Crippen molar-refractivity contribution in [1.29, 1.82) is 0 Å². The number of aromatic amines is 1. The smallest absolute Gasteiger partial charge is 0.283 e. The van der Waals surface area contributed by atoms with Gasteiger partial charge in [0.15, 0.2) is 5.16 Å². The van der Waals surface area contributed by atoms with E-state index in [1.165, 1.54) is 16.3 Å². The standard InChI is InChI=1S/C23H21ClN4O2S/c1-13-7-9-16(10-8-13)28-22(30)21-18(11-15(3)25-21)26-23(28)31-12-19(29)27-20-14(2)5-4-6-17(20)24/h4-11,25H,12H2,1-3H3,(H,27,29). The van der Waals surface area contributed by atoms with Gasteiger partial charge in [0, 0.05) is 5.69 Å². The van der Waals surface area contributed by atoms with Gasteiger partial charge in [0.1, 0.15) is 5.52 Å². The van der Waals surface area contributed by atoms with Gasteiger partial charge in [-0.25, -0.2) is 4.98 Å². The van der Waals surface area contributed by atoms with Crippen molar-refractivity contribution in [2.75, 3.05) is 11.1 Å². The van der Waals surface area contributed by atoms with Crippen molar-refractivity contribution in [3.05, 3.63) is 80.7 Å². The van der Waals surface area contributed by atoms with E-state index in [-0.39, 0.29) is 17.2 Å². The zero-order valence-electron chi connectivity index (χ0n) is 17.3. The second-order valence-corrected chi connectivity index (χ2v) is 8.70. The van der Waals surface area contributed by atoms with Gasteiger partial charge in [-0.3, -0.25) is 14.2 Å². The Kier molecular flexibility index (Phi) is 5.89. The third-order valence-corrected chi connectivity index (χ3v) is 6.12. The third-order valence-electron chi connectivity index (χ3n) is 4.87. The zero-order chi connectivity index (χ0) is 22.1. The summed E-state index contributed by atoms with van der Waals surface area (Å²) >= 11 is 7.42. The number of nitrogens with one attached hydrogen (secondary N) is 2. The van der Waals surface area contributed by atoms with E-state index in [2.05, 4.69) is 15.3 Å². The predicted octanol–water partition coefficient (Wildman–Crippen LogP) is 5.02. The van der Waals surface area contributed by atoms with E-state index in [1.54, 1.807) is 6.07 Å². The summed E-state index contributed by atoms with van der Waals surface area (Å²) in [7, 11) is 0. The van der Waals surface area contributed by atoms with Gasteiger partial charge in [0.2, 0.25) is 5.91 Å². The Morgan fingerprint density at radius 3 is 2.61 bits per heavy atom. The van der Waals surface area contributed by atoms with Crippen molar-refractivity contribution < 1.29 is 4.79 Å². The van der Waals surface area contributed by atoms with Gasteiger partial charge < -0.3 is 10.3 Å². The minimum Gasteiger partial charge on any atom is -0.353 e. The summed E-state index contributed by atoms with van der Waals surface area (Å²) in [5, 5.41) is 3.79. The number of halogens is 1. The number of anilines is 1. The first-order chi connectivity index (χ1) is 14.8. The number of carbonyl (C=O) groups excluding carboxylic acids is 1. The molecule has 0 spiro atoms. The van der Waals surface area contributed by atoms with Crippen molar-refractivity contribution in [2.24, 2.45) is 0 Å². The lowest BCUT2D eigenvalue weighted by atomic mass is 10.2. The number of H-pyrrole nitrogens is 1. The average Bonchev–Trinajstić information content (AvgIpc) is 3.11. The summed E-state index contributed by atoms with van der Waals surface area (Å²) in [4.78, 5) is 33.6. The van der Waals surface area contributed by atoms with Crippen LogP contribution in [-0.4, -0.2) is 26.2 Å². The van der Waals surface area contributed by atoms with E-state index in [4.69, 9.17) is 11.6 Å². The number of aryl methyl sites for hydroxylation is 3. The zero-order valence-corrected chi connectivity index (χ0v) is 18.9. The van der Waals surface area contributed by atoms with E-state index >= 15 is 0 Å². The lowest BCUT2D eigenvalue weighted by Gasteiger charge is -2.13. The number of fused-ring (bicyclic) bond motifs is 1. The molecule has 1 amide bonds. The van der Waals surface area contributed by atoms with Crippen molar-refractivity contribution in [3.8, 4) is 5.69 Å². The molecule has 31 heavy (non-hydrogen) atoms. The summed E-state index contributed by atoms with van der Waals surface area (Å²) in [5.41, 5.74) is 4.93. The second kappa shape index (κ2) is 8.61. The van der Waals surface area contributed by atoms with Crippen LogP contribution in [0.4, 0.5) is 5.69 Å². The first-order valence-electron chi connectivity index (χ1n) is 9.70. The van der Waals surface area contributed by atoms with E-state index in [1.807, 2.05) is 63.2 Å². The summed E-state index contributed by atoms with van der Waals surface area (Å²) in [6.45, 7) is 5.75. The van der Waals surface area contributed by atoms with Crippen molar-refractivity contribution >= 4 is 46.0 Å². The van der Waals surface area contributed by atoms with Crippen LogP contribution in [0.3, 0.4) is 0 Å². The molecule has 2 N–H and O–H groups in total. The average molecular weight is 453 g/mol. The maximum atomic E-state index is 13.2. The number of aromatic nitrogens is 3. The number of thioether (sulfide) groups is 1. The molecule has 4 aromatic rings. The summed E-state index contributed by atoms with van der Waals surface area (Å²) in [6, 6.07) is 14.9. The number of hydrogen-bond donors (Lipinski definition) is 2. The van der Waals surface area contributed by atoms with Gasteiger partial charge in [-0.2, -0.15) is 0 Å². The number of hydrogen-bond acceptors (Lipinski definition) is 4. The molecule has 0 aliphatic rings. The van der Waals surface area contributed by atoms with Crippen LogP contribution in [0.1, 0.15) is 16.8 Å². The SMILES string of the molecule is Cc1ccc(-n2c(SCC(=O)Nc3c(C)cccc3Cl)nc3cc(C)[nH]c3c2=O)cc1. The van der Waals surface area contributed by atoms with Gasteiger partial charge in [0.05, 0.1) is 27.7 Å². The van der Waals surface area contributed by atoms with Gasteiger partial charge in [-0.05, 0) is 50.6 Å². The van der Waals surface area contributed by atoms with Crippen LogP contribution in [0.2, 0.25) is 5.02 Å². The monoisotopic (exact) mass is 452 g/mol. The lowest BCUT2D eigenvalue weighted by Crippen LogP contribution is -2.23. The van der Waals surface area contributed by atoms with E-state index < -0.39 is 0 Å². The van der Waals surface area contributed by atoms with Crippen LogP contribution in [0.5, 0.6) is 0 Å². The van der Waals surface area contributed by atoms with Crippen LogP contribution in [0.25, 0.3) is 16.7 Å². The molecule has 8 heteroatoms. The molecule has 2 aromatic heterocycles. The molecule has 0 unspecified atom stereocenters. The van der Waals surface area contributed by atoms with E-state index in [0.717, 1.165) is 16.8 Å². The topological polar surface area (TPSA) is 79.8 Å². The maximum Gasteiger partial charge on any atom is 0.283 e. The third kappa shape index (κ3) is 4.38. The summed E-state index contributed by atoms with van der Waals surface area (Å²) in [5.74, 6) is -0.144. The first-order valence-corrected chi connectivity index (χ1v) is 11.1. The highest BCUT2D eigenvalue weighted by Gasteiger charge is 2.17. The highest BCUT2D eigenvalue weighted by Crippen LogP contribution is 2.26. The Bertz CT molecular complexity index is 1320. The molecule has 0 saturated carbocycles. The Morgan fingerprint density at radius 1 is 1.16 bits per heavy atom. The van der Waals surface area contributed by atoms with Crippen LogP contribution in [0, 0.1) is 20.8 Å². The number of benzene rings is 2. The largest absolute Gasteiger partial charge is 0.353 e. The first kappa shape index (κ1) is 21.2. The number of nitrogens with zero attached hydrogens (tertiary/aromatic N) is 2. The highest BCUT2D eigenvalue weighted by molar-refractivity contribution is 7.99. The Hall–Kier alpha value is -3.03. The summed E-state index contributed by atoms with van der Waals surface area (Å²) in [6.07, 6.45) is 0. The minimum absolute atomic E-state index is 0.0812. The van der Waals surface area contributed by atoms with Crippen LogP contribution in [-0.2, 0) is 4.79 Å². The number of rotatable bonds is 5. The molecule has 2 heterocycles. The van der Waals surface area contributed by atoms with E-state index in [9.17, 15) is 9.59 Å². The normalized spacial score (nSPS) is 11.1. The van der Waals surface area contributed by atoms with Gasteiger partial charge in [-0.1, -0.05) is 53.2 Å². The maximum absolute atomic E-state index is 13.2. The molecular weight excluding hydrogens is 432 g/mol. The molecule has 0 saturated heterocycles. The Balaban J connectivity index is 1.68. The van der Waals surface area contributed by atoms with Crippen molar-refractivity contribution in [2.45, 2.75) is 25.9 Å². The number of para-hydroxylation sites is 1. The van der Waals surface area contributed by atoms with Gasteiger partial charge in [-0.15, -0.1) is 0 Å². The van der Waals surface area contributed by atoms with Crippen LogP contribution < -0.4 is 10.9 Å². The van der Waals surface area contributed by atoms with Gasteiger partial charge >= 0.3 is 0 Å². The fourth-order valence-electron chi connectivity index (χ4n) is 3.29. The number of amides is 1. The second-order valence-electron chi connectivity index (χ2n) is 7.35. The van der Waals surface area contributed by atoms with Crippen molar-refractivity contribution in [3.63, 3.8) is 0 Å². The molecule has 6 nitrogen and oxygen atoms in total.